The SMILES string of the molecule is C[C@@H](Sc1nc(N)c(C#N)cc1C#N)C(=O)Nc1ccc(F)cc1. The van der Waals surface area contributed by atoms with E-state index in [4.69, 9.17) is 16.3 Å². The molecule has 6 nitrogen and oxygen atoms in total. The Labute approximate surface area is 142 Å². The zero-order chi connectivity index (χ0) is 17.7. The number of thioether (sulfide) groups is 1. The van der Waals surface area contributed by atoms with Gasteiger partial charge in [0.1, 0.15) is 28.8 Å². The fourth-order valence-corrected chi connectivity index (χ4v) is 2.65. The number of nitrogens with zero attached hydrogens (tertiary/aromatic N) is 3. The van der Waals surface area contributed by atoms with Gasteiger partial charge in [0.25, 0.3) is 0 Å². The second-order valence-corrected chi connectivity index (χ2v) is 6.08. The van der Waals surface area contributed by atoms with E-state index in [1.807, 2.05) is 12.1 Å². The predicted octanol–water partition coefficient (Wildman–Crippen LogP) is 2.67. The zero-order valence-electron chi connectivity index (χ0n) is 12.6. The number of amides is 1. The lowest BCUT2D eigenvalue weighted by Gasteiger charge is -2.13. The Balaban J connectivity index is 2.14. The highest BCUT2D eigenvalue weighted by molar-refractivity contribution is 8.00. The summed E-state index contributed by atoms with van der Waals surface area (Å²) in [4.78, 5) is 16.2. The van der Waals surface area contributed by atoms with E-state index >= 15 is 0 Å². The van der Waals surface area contributed by atoms with Gasteiger partial charge in [-0.15, -0.1) is 0 Å². The Morgan fingerprint density at radius 3 is 2.50 bits per heavy atom. The molecule has 0 saturated carbocycles. The molecule has 0 aliphatic carbocycles. The minimum atomic E-state index is -0.581. The maximum Gasteiger partial charge on any atom is 0.237 e. The molecule has 8 heteroatoms. The summed E-state index contributed by atoms with van der Waals surface area (Å²) in [7, 11) is 0. The van der Waals surface area contributed by atoms with Crippen LogP contribution in [0.3, 0.4) is 0 Å². The number of carbonyl (C=O) groups excluding carboxylic acids is 1. The van der Waals surface area contributed by atoms with Crippen LogP contribution in [0.15, 0.2) is 35.4 Å². The van der Waals surface area contributed by atoms with Gasteiger partial charge in [0.05, 0.1) is 16.4 Å². The topological polar surface area (TPSA) is 116 Å². The average molecular weight is 341 g/mol. The molecule has 3 N–H and O–H groups in total. The third-order valence-electron chi connectivity index (χ3n) is 3.03. The number of halogens is 1. The highest BCUT2D eigenvalue weighted by atomic mass is 32.2. The Morgan fingerprint density at radius 1 is 1.29 bits per heavy atom. The zero-order valence-corrected chi connectivity index (χ0v) is 13.4. The smallest absolute Gasteiger partial charge is 0.237 e. The van der Waals surface area contributed by atoms with Crippen LogP contribution in [0.4, 0.5) is 15.9 Å². The first kappa shape index (κ1) is 17.3. The number of aromatic nitrogens is 1. The lowest BCUT2D eigenvalue weighted by Crippen LogP contribution is -2.22. The molecule has 1 aromatic carbocycles. The average Bonchev–Trinajstić information content (AvgIpc) is 2.57. The molecule has 0 aliphatic rings. The van der Waals surface area contributed by atoms with Gasteiger partial charge < -0.3 is 11.1 Å². The van der Waals surface area contributed by atoms with Crippen LogP contribution in [0.25, 0.3) is 0 Å². The minimum absolute atomic E-state index is 0.00476. The highest BCUT2D eigenvalue weighted by Gasteiger charge is 2.19. The molecule has 0 spiro atoms. The molecule has 0 unspecified atom stereocenters. The number of pyridine rings is 1. The van der Waals surface area contributed by atoms with E-state index in [9.17, 15) is 9.18 Å². The first-order chi connectivity index (χ1) is 11.4. The number of nitriles is 2. The predicted molar refractivity (Wildman–Crippen MR) is 88.4 cm³/mol. The van der Waals surface area contributed by atoms with Gasteiger partial charge in [0.2, 0.25) is 5.91 Å². The largest absolute Gasteiger partial charge is 0.383 e. The van der Waals surface area contributed by atoms with Gasteiger partial charge in [-0.2, -0.15) is 10.5 Å². The summed E-state index contributed by atoms with van der Waals surface area (Å²) in [5, 5.41) is 20.4. The summed E-state index contributed by atoms with van der Waals surface area (Å²) in [6.45, 7) is 1.64. The van der Waals surface area contributed by atoms with Crippen LogP contribution in [0.1, 0.15) is 18.1 Å². The summed E-state index contributed by atoms with van der Waals surface area (Å²) in [6.07, 6.45) is 0. The number of hydrogen-bond donors (Lipinski definition) is 2. The van der Waals surface area contributed by atoms with Gasteiger partial charge in [-0.25, -0.2) is 9.37 Å². The fourth-order valence-electron chi connectivity index (χ4n) is 1.77. The van der Waals surface area contributed by atoms with Crippen molar-refractivity contribution in [2.75, 3.05) is 11.1 Å². The van der Waals surface area contributed by atoms with Crippen LogP contribution in [0, 0.1) is 28.5 Å². The first-order valence-corrected chi connectivity index (χ1v) is 7.66. The number of nitrogens with one attached hydrogen (secondary N) is 1. The molecule has 1 amide bonds. The molecule has 24 heavy (non-hydrogen) atoms. The first-order valence-electron chi connectivity index (χ1n) is 6.78. The Kier molecular flexibility index (Phi) is 5.35. The van der Waals surface area contributed by atoms with Crippen LogP contribution in [0.5, 0.6) is 0 Å². The third kappa shape index (κ3) is 4.00. The lowest BCUT2D eigenvalue weighted by atomic mass is 10.2. The van der Waals surface area contributed by atoms with Crippen LogP contribution in [0.2, 0.25) is 0 Å². The molecule has 0 bridgehead atoms. The fraction of sp³-hybridized carbons (Fsp3) is 0.125. The van der Waals surface area contributed by atoms with E-state index in [2.05, 4.69) is 10.3 Å². The molecule has 2 rings (SSSR count). The molecular weight excluding hydrogens is 329 g/mol. The van der Waals surface area contributed by atoms with Gasteiger partial charge >= 0.3 is 0 Å². The number of benzene rings is 1. The number of nitrogens with two attached hydrogens (primary N) is 1. The van der Waals surface area contributed by atoms with Crippen LogP contribution in [-0.2, 0) is 4.79 Å². The van der Waals surface area contributed by atoms with Gasteiger partial charge in [0, 0.05) is 5.69 Å². The summed E-state index contributed by atoms with van der Waals surface area (Å²) in [5.41, 5.74) is 6.40. The standard InChI is InChI=1S/C16H12FN5OS/c1-9(15(23)21-13-4-2-12(17)3-5-13)24-16-11(8-19)6-10(7-18)14(20)22-16/h2-6,9H,1H3,(H2,20,22)(H,21,23)/t9-/m1/s1. The summed E-state index contributed by atoms with van der Waals surface area (Å²) in [5.74, 6) is -0.725. The lowest BCUT2D eigenvalue weighted by molar-refractivity contribution is -0.115. The van der Waals surface area contributed by atoms with Crippen molar-refractivity contribution in [1.29, 1.82) is 10.5 Å². The Bertz CT molecular complexity index is 854. The number of carbonyl (C=O) groups is 1. The molecule has 1 aromatic heterocycles. The molecular formula is C16H12FN5OS. The third-order valence-corrected chi connectivity index (χ3v) is 4.13. The molecule has 2 aromatic rings. The maximum atomic E-state index is 12.9. The van der Waals surface area contributed by atoms with Crippen LogP contribution in [-0.4, -0.2) is 16.1 Å². The molecule has 0 fully saturated rings. The monoisotopic (exact) mass is 341 g/mol. The Morgan fingerprint density at radius 2 is 1.92 bits per heavy atom. The van der Waals surface area contributed by atoms with Crippen molar-refractivity contribution in [1.82, 2.24) is 4.98 Å². The van der Waals surface area contributed by atoms with E-state index in [1.165, 1.54) is 30.3 Å². The highest BCUT2D eigenvalue weighted by Crippen LogP contribution is 2.28. The molecule has 1 heterocycles. The summed E-state index contributed by atoms with van der Waals surface area (Å²) >= 11 is 1.05. The van der Waals surface area contributed by atoms with Crippen molar-refractivity contribution in [3.8, 4) is 12.1 Å². The van der Waals surface area contributed by atoms with Crippen molar-refractivity contribution in [3.63, 3.8) is 0 Å². The van der Waals surface area contributed by atoms with Crippen molar-refractivity contribution in [2.24, 2.45) is 0 Å². The van der Waals surface area contributed by atoms with E-state index in [0.717, 1.165) is 11.8 Å². The molecule has 120 valence electrons. The van der Waals surface area contributed by atoms with Crippen LogP contribution < -0.4 is 11.1 Å². The molecule has 0 radical (unpaired) electrons. The van der Waals surface area contributed by atoms with Gasteiger partial charge in [-0.05, 0) is 37.3 Å². The van der Waals surface area contributed by atoms with Crippen molar-refractivity contribution < 1.29 is 9.18 Å². The Hall–Kier alpha value is -3.10. The van der Waals surface area contributed by atoms with Gasteiger partial charge in [0.15, 0.2) is 0 Å². The minimum Gasteiger partial charge on any atom is -0.383 e. The second-order valence-electron chi connectivity index (χ2n) is 4.75. The van der Waals surface area contributed by atoms with Gasteiger partial charge in [-0.1, -0.05) is 11.8 Å². The number of hydrogen-bond acceptors (Lipinski definition) is 6. The van der Waals surface area contributed by atoms with Crippen LogP contribution >= 0.6 is 11.8 Å². The molecule has 0 saturated heterocycles. The second kappa shape index (κ2) is 7.44. The molecule has 0 aliphatic heterocycles. The molecule has 1 atom stereocenters. The summed E-state index contributed by atoms with van der Waals surface area (Å²) < 4.78 is 12.9. The quantitative estimate of drug-likeness (QED) is 0.826. The van der Waals surface area contributed by atoms with E-state index in [1.54, 1.807) is 6.92 Å². The summed E-state index contributed by atoms with van der Waals surface area (Å²) in [6, 6.07) is 10.5. The van der Waals surface area contributed by atoms with Gasteiger partial charge in [-0.3, -0.25) is 4.79 Å². The van der Waals surface area contributed by atoms with E-state index in [-0.39, 0.29) is 27.9 Å². The van der Waals surface area contributed by atoms with E-state index < -0.39 is 11.1 Å². The number of nitrogen functional groups attached to an aromatic ring is 1. The van der Waals surface area contributed by atoms with Crippen molar-refractivity contribution in [2.45, 2.75) is 17.2 Å². The number of anilines is 2. The van der Waals surface area contributed by atoms with Crippen molar-refractivity contribution >= 4 is 29.2 Å². The van der Waals surface area contributed by atoms with E-state index in [0.29, 0.717) is 5.69 Å². The normalized spacial score (nSPS) is 11.2. The van der Waals surface area contributed by atoms with Crippen molar-refractivity contribution in [3.05, 3.63) is 47.3 Å². The maximum absolute atomic E-state index is 12.9. The number of rotatable bonds is 4.